The summed E-state index contributed by atoms with van der Waals surface area (Å²) in [5.74, 6) is 1.07. The highest BCUT2D eigenvalue weighted by Gasteiger charge is 2.38. The molecule has 0 bridgehead atoms. The van der Waals surface area contributed by atoms with Crippen molar-refractivity contribution in [1.29, 1.82) is 0 Å². The Labute approximate surface area is 134 Å². The standard InChI is InChI=1S/C16H20N4O3/c1-12-14(18-11-23-12)15(21)19(2)9-16(22)6-8-20(10-16)13-5-3-4-7-17-13/h3-5,7,11,22H,6,8-10H2,1-2H3/t16-/m0/s1. The normalized spacial score (nSPS) is 20.7. The Balaban J connectivity index is 1.66. The summed E-state index contributed by atoms with van der Waals surface area (Å²) in [5, 5.41) is 10.8. The minimum absolute atomic E-state index is 0.238. The summed E-state index contributed by atoms with van der Waals surface area (Å²) >= 11 is 0. The third-order valence-electron chi connectivity index (χ3n) is 4.13. The molecular weight excluding hydrogens is 296 g/mol. The smallest absolute Gasteiger partial charge is 0.275 e. The number of hydrogen-bond acceptors (Lipinski definition) is 6. The zero-order valence-electron chi connectivity index (χ0n) is 13.3. The van der Waals surface area contributed by atoms with E-state index in [2.05, 4.69) is 9.97 Å². The van der Waals surface area contributed by atoms with Gasteiger partial charge in [-0.05, 0) is 25.5 Å². The average molecular weight is 316 g/mol. The van der Waals surface area contributed by atoms with Crippen molar-refractivity contribution in [3.8, 4) is 0 Å². The van der Waals surface area contributed by atoms with Crippen molar-refractivity contribution in [2.75, 3.05) is 31.6 Å². The van der Waals surface area contributed by atoms with Gasteiger partial charge >= 0.3 is 0 Å². The monoisotopic (exact) mass is 316 g/mol. The molecule has 7 heteroatoms. The first kappa shape index (κ1) is 15.5. The van der Waals surface area contributed by atoms with Gasteiger partial charge in [-0.15, -0.1) is 0 Å². The van der Waals surface area contributed by atoms with Gasteiger partial charge in [-0.3, -0.25) is 4.79 Å². The van der Waals surface area contributed by atoms with Gasteiger partial charge in [0.2, 0.25) is 0 Å². The molecule has 3 heterocycles. The second-order valence-corrected chi connectivity index (χ2v) is 6.00. The Hall–Kier alpha value is -2.41. The van der Waals surface area contributed by atoms with Gasteiger partial charge in [0.15, 0.2) is 12.1 Å². The zero-order valence-corrected chi connectivity index (χ0v) is 13.3. The van der Waals surface area contributed by atoms with Gasteiger partial charge in [-0.2, -0.15) is 0 Å². The molecule has 0 aromatic carbocycles. The van der Waals surface area contributed by atoms with Gasteiger partial charge in [-0.25, -0.2) is 9.97 Å². The van der Waals surface area contributed by atoms with Crippen LogP contribution in [0.5, 0.6) is 0 Å². The van der Waals surface area contributed by atoms with Crippen LogP contribution in [0, 0.1) is 6.92 Å². The van der Waals surface area contributed by atoms with Crippen LogP contribution in [-0.2, 0) is 0 Å². The molecule has 3 rings (SSSR count). The highest BCUT2D eigenvalue weighted by atomic mass is 16.3. The summed E-state index contributed by atoms with van der Waals surface area (Å²) < 4.78 is 5.07. The fourth-order valence-corrected chi connectivity index (χ4v) is 2.93. The van der Waals surface area contributed by atoms with Crippen LogP contribution in [0.2, 0.25) is 0 Å². The predicted molar refractivity (Wildman–Crippen MR) is 84.2 cm³/mol. The molecule has 1 aliphatic rings. The Morgan fingerprint density at radius 2 is 2.30 bits per heavy atom. The Bertz CT molecular complexity index is 688. The molecule has 7 nitrogen and oxygen atoms in total. The summed E-state index contributed by atoms with van der Waals surface area (Å²) in [6.45, 7) is 3.08. The topological polar surface area (TPSA) is 82.7 Å². The van der Waals surface area contributed by atoms with Crippen molar-refractivity contribution >= 4 is 11.7 Å². The molecule has 0 radical (unpaired) electrons. The van der Waals surface area contributed by atoms with Crippen LogP contribution in [0.3, 0.4) is 0 Å². The van der Waals surface area contributed by atoms with Gasteiger partial charge in [0.1, 0.15) is 17.2 Å². The molecule has 1 saturated heterocycles. The lowest BCUT2D eigenvalue weighted by molar-refractivity contribution is 0.0261. The largest absolute Gasteiger partial charge is 0.448 e. The number of likely N-dealkylation sites (N-methyl/N-ethyl adjacent to an activating group) is 1. The first-order valence-corrected chi connectivity index (χ1v) is 7.52. The molecule has 0 unspecified atom stereocenters. The highest BCUT2D eigenvalue weighted by molar-refractivity contribution is 5.93. The van der Waals surface area contributed by atoms with E-state index in [4.69, 9.17) is 4.42 Å². The molecule has 1 aliphatic heterocycles. The van der Waals surface area contributed by atoms with Crippen LogP contribution in [0.1, 0.15) is 22.7 Å². The van der Waals surface area contributed by atoms with Crippen molar-refractivity contribution in [3.05, 3.63) is 42.2 Å². The molecule has 1 amide bonds. The molecule has 23 heavy (non-hydrogen) atoms. The van der Waals surface area contributed by atoms with Crippen LogP contribution in [-0.4, -0.2) is 58.2 Å². The SMILES string of the molecule is Cc1ocnc1C(=O)N(C)C[C@@]1(O)CCN(c2ccccn2)C1. The minimum Gasteiger partial charge on any atom is -0.448 e. The van der Waals surface area contributed by atoms with Crippen molar-refractivity contribution < 1.29 is 14.3 Å². The number of oxazole rings is 1. The van der Waals surface area contributed by atoms with E-state index < -0.39 is 5.60 Å². The number of carbonyl (C=O) groups is 1. The van der Waals surface area contributed by atoms with Crippen molar-refractivity contribution in [1.82, 2.24) is 14.9 Å². The number of aliphatic hydroxyl groups is 1. The molecule has 1 atom stereocenters. The van der Waals surface area contributed by atoms with Gasteiger partial charge in [0.25, 0.3) is 5.91 Å². The number of carbonyl (C=O) groups excluding carboxylic acids is 1. The molecule has 0 aliphatic carbocycles. The van der Waals surface area contributed by atoms with Crippen molar-refractivity contribution in [3.63, 3.8) is 0 Å². The number of rotatable bonds is 4. The lowest BCUT2D eigenvalue weighted by Crippen LogP contribution is -2.46. The van der Waals surface area contributed by atoms with E-state index in [9.17, 15) is 9.90 Å². The lowest BCUT2D eigenvalue weighted by atomic mass is 10.0. The summed E-state index contributed by atoms with van der Waals surface area (Å²) in [7, 11) is 1.66. The molecule has 0 spiro atoms. The minimum atomic E-state index is -0.959. The molecule has 1 N–H and O–H groups in total. The lowest BCUT2D eigenvalue weighted by Gasteiger charge is -2.28. The van der Waals surface area contributed by atoms with E-state index in [0.29, 0.717) is 25.3 Å². The maximum atomic E-state index is 12.4. The highest BCUT2D eigenvalue weighted by Crippen LogP contribution is 2.26. The van der Waals surface area contributed by atoms with Crippen molar-refractivity contribution in [2.24, 2.45) is 0 Å². The third kappa shape index (κ3) is 3.19. The maximum Gasteiger partial charge on any atom is 0.275 e. The number of hydrogen-bond donors (Lipinski definition) is 1. The molecule has 0 saturated carbocycles. The number of aromatic nitrogens is 2. The van der Waals surface area contributed by atoms with E-state index in [-0.39, 0.29) is 18.1 Å². The van der Waals surface area contributed by atoms with E-state index >= 15 is 0 Å². The Morgan fingerprint density at radius 1 is 1.48 bits per heavy atom. The number of nitrogens with zero attached hydrogens (tertiary/aromatic N) is 4. The number of amides is 1. The molecule has 2 aromatic rings. The van der Waals surface area contributed by atoms with Crippen LogP contribution in [0.25, 0.3) is 0 Å². The first-order valence-electron chi connectivity index (χ1n) is 7.52. The number of aryl methyl sites for hydroxylation is 1. The summed E-state index contributed by atoms with van der Waals surface area (Å²) in [4.78, 5) is 24.1. The van der Waals surface area contributed by atoms with E-state index in [0.717, 1.165) is 5.82 Å². The molecule has 122 valence electrons. The van der Waals surface area contributed by atoms with Gasteiger partial charge in [0.05, 0.1) is 6.54 Å². The number of anilines is 1. The van der Waals surface area contributed by atoms with Crippen LogP contribution in [0.15, 0.2) is 35.2 Å². The fourth-order valence-electron chi connectivity index (χ4n) is 2.93. The summed E-state index contributed by atoms with van der Waals surface area (Å²) in [5.41, 5.74) is -0.671. The third-order valence-corrected chi connectivity index (χ3v) is 4.13. The molecular formula is C16H20N4O3. The van der Waals surface area contributed by atoms with E-state index in [1.54, 1.807) is 20.2 Å². The number of β-amino-alcohol motifs (C(OH)–C–C–N with tert-alkyl or cyclic N) is 1. The van der Waals surface area contributed by atoms with E-state index in [1.807, 2.05) is 23.1 Å². The van der Waals surface area contributed by atoms with Crippen molar-refractivity contribution in [2.45, 2.75) is 18.9 Å². The second-order valence-electron chi connectivity index (χ2n) is 6.00. The predicted octanol–water partition coefficient (Wildman–Crippen LogP) is 1.09. The zero-order chi connectivity index (χ0) is 16.4. The van der Waals surface area contributed by atoms with Gasteiger partial charge in [-0.1, -0.05) is 6.07 Å². The maximum absolute atomic E-state index is 12.4. The Kier molecular flexibility index (Phi) is 4.04. The number of pyridine rings is 1. The van der Waals surface area contributed by atoms with Gasteiger partial charge in [0, 0.05) is 26.3 Å². The summed E-state index contributed by atoms with van der Waals surface area (Å²) in [6, 6.07) is 5.69. The average Bonchev–Trinajstić information content (AvgIpc) is 3.13. The van der Waals surface area contributed by atoms with Gasteiger partial charge < -0.3 is 19.3 Å². The van der Waals surface area contributed by atoms with Crippen LogP contribution < -0.4 is 4.90 Å². The Morgan fingerprint density at radius 3 is 2.96 bits per heavy atom. The quantitative estimate of drug-likeness (QED) is 0.909. The van der Waals surface area contributed by atoms with Crippen LogP contribution in [0.4, 0.5) is 5.82 Å². The molecule has 1 fully saturated rings. The summed E-state index contributed by atoms with van der Waals surface area (Å²) in [6.07, 6.45) is 3.57. The van der Waals surface area contributed by atoms with Crippen LogP contribution >= 0.6 is 0 Å². The second kappa shape index (κ2) is 6.00. The molecule has 2 aromatic heterocycles. The van der Waals surface area contributed by atoms with E-state index in [1.165, 1.54) is 11.3 Å². The fraction of sp³-hybridized carbons (Fsp3) is 0.438. The first-order chi connectivity index (χ1) is 11.0.